The summed E-state index contributed by atoms with van der Waals surface area (Å²) in [6.45, 7) is 2.69. The van der Waals surface area contributed by atoms with Crippen LogP contribution in [0.2, 0.25) is 0 Å². The number of nitriles is 1. The monoisotopic (exact) mass is 301 g/mol. The van der Waals surface area contributed by atoms with E-state index in [0.717, 1.165) is 12.1 Å². The zero-order chi connectivity index (χ0) is 15.5. The number of nitrogens with one attached hydrogen (secondary N) is 1. The smallest absolute Gasteiger partial charge is 0.314 e. The van der Waals surface area contributed by atoms with Gasteiger partial charge in [-0.05, 0) is 12.1 Å². The summed E-state index contributed by atoms with van der Waals surface area (Å²) in [5, 5.41) is 12.0. The van der Waals surface area contributed by atoms with Crippen molar-refractivity contribution in [3.8, 4) is 6.07 Å². The quantitative estimate of drug-likeness (QED) is 0.873. The maximum atomic E-state index is 14.1. The molecule has 7 heteroatoms. The molecule has 0 aromatic heterocycles. The van der Waals surface area contributed by atoms with E-state index >= 15 is 0 Å². The molecule has 0 bridgehead atoms. The Morgan fingerprint density at radius 2 is 1.95 bits per heavy atom. The molecular formula is C14H15F4N3. The van der Waals surface area contributed by atoms with Gasteiger partial charge in [-0.15, -0.1) is 0 Å². The van der Waals surface area contributed by atoms with Crippen LogP contribution in [0.4, 0.5) is 17.6 Å². The van der Waals surface area contributed by atoms with Gasteiger partial charge in [0.25, 0.3) is 0 Å². The van der Waals surface area contributed by atoms with E-state index in [1.807, 2.05) is 11.0 Å². The summed E-state index contributed by atoms with van der Waals surface area (Å²) in [5.74, 6) is -0.913. The van der Waals surface area contributed by atoms with Crippen LogP contribution in [0.5, 0.6) is 0 Å². The summed E-state index contributed by atoms with van der Waals surface area (Å²) in [7, 11) is 0. The SMILES string of the molecule is N#CC[C@@H](c1ccc(C(F)(F)F)cc1F)N1CCNCC1. The second kappa shape index (κ2) is 6.41. The van der Waals surface area contributed by atoms with Gasteiger partial charge in [-0.3, -0.25) is 4.90 Å². The fraction of sp³-hybridized carbons (Fsp3) is 0.500. The van der Waals surface area contributed by atoms with Crippen molar-refractivity contribution in [2.45, 2.75) is 18.6 Å². The summed E-state index contributed by atoms with van der Waals surface area (Å²) < 4.78 is 51.8. The van der Waals surface area contributed by atoms with Gasteiger partial charge in [0, 0.05) is 31.7 Å². The summed E-state index contributed by atoms with van der Waals surface area (Å²) in [6.07, 6.45) is -4.53. The third-order valence-electron chi connectivity index (χ3n) is 3.56. The van der Waals surface area contributed by atoms with E-state index in [0.29, 0.717) is 32.2 Å². The molecule has 1 aromatic carbocycles. The van der Waals surface area contributed by atoms with Crippen LogP contribution in [0.3, 0.4) is 0 Å². The molecule has 3 nitrogen and oxygen atoms in total. The fourth-order valence-corrected chi connectivity index (χ4v) is 2.49. The molecular weight excluding hydrogens is 286 g/mol. The lowest BCUT2D eigenvalue weighted by Gasteiger charge is -2.34. The molecule has 0 saturated carbocycles. The molecule has 1 fully saturated rings. The molecule has 1 saturated heterocycles. The molecule has 1 atom stereocenters. The first kappa shape index (κ1) is 15.7. The highest BCUT2D eigenvalue weighted by Gasteiger charge is 2.32. The Morgan fingerprint density at radius 3 is 2.48 bits per heavy atom. The Kier molecular flexibility index (Phi) is 4.80. The van der Waals surface area contributed by atoms with E-state index in [1.165, 1.54) is 0 Å². The van der Waals surface area contributed by atoms with Gasteiger partial charge in [0.2, 0.25) is 0 Å². The number of piperazine rings is 1. The molecule has 2 rings (SSSR count). The molecule has 0 amide bonds. The van der Waals surface area contributed by atoms with E-state index in [4.69, 9.17) is 5.26 Å². The summed E-state index contributed by atoms with van der Waals surface area (Å²) >= 11 is 0. The predicted molar refractivity (Wildman–Crippen MR) is 68.8 cm³/mol. The number of halogens is 4. The van der Waals surface area contributed by atoms with E-state index in [1.54, 1.807) is 0 Å². The summed E-state index contributed by atoms with van der Waals surface area (Å²) in [4.78, 5) is 1.92. The summed E-state index contributed by atoms with van der Waals surface area (Å²) in [5.41, 5.74) is -0.869. The zero-order valence-corrected chi connectivity index (χ0v) is 11.3. The van der Waals surface area contributed by atoms with Crippen LogP contribution in [0, 0.1) is 17.1 Å². The van der Waals surface area contributed by atoms with Crippen LogP contribution in [-0.4, -0.2) is 31.1 Å². The van der Waals surface area contributed by atoms with E-state index < -0.39 is 23.6 Å². The molecule has 114 valence electrons. The minimum atomic E-state index is -4.57. The molecule has 0 spiro atoms. The topological polar surface area (TPSA) is 39.1 Å². The number of hydrogen-bond acceptors (Lipinski definition) is 3. The van der Waals surface area contributed by atoms with Crippen molar-refractivity contribution in [3.05, 3.63) is 35.1 Å². The molecule has 21 heavy (non-hydrogen) atoms. The van der Waals surface area contributed by atoms with Crippen molar-refractivity contribution in [1.29, 1.82) is 5.26 Å². The number of nitrogens with zero attached hydrogens (tertiary/aromatic N) is 2. The van der Waals surface area contributed by atoms with Crippen LogP contribution in [0.1, 0.15) is 23.6 Å². The second-order valence-electron chi connectivity index (χ2n) is 4.90. The highest BCUT2D eigenvalue weighted by atomic mass is 19.4. The predicted octanol–water partition coefficient (Wildman–Crippen LogP) is 2.70. The van der Waals surface area contributed by atoms with Gasteiger partial charge in [-0.25, -0.2) is 4.39 Å². The van der Waals surface area contributed by atoms with Crippen LogP contribution in [0.15, 0.2) is 18.2 Å². The zero-order valence-electron chi connectivity index (χ0n) is 11.3. The highest BCUT2D eigenvalue weighted by Crippen LogP contribution is 2.33. The van der Waals surface area contributed by atoms with Gasteiger partial charge < -0.3 is 5.32 Å². The molecule has 0 radical (unpaired) electrons. The van der Waals surface area contributed by atoms with E-state index in [-0.39, 0.29) is 12.0 Å². The van der Waals surface area contributed by atoms with Crippen LogP contribution in [0.25, 0.3) is 0 Å². The van der Waals surface area contributed by atoms with E-state index in [2.05, 4.69) is 5.32 Å². The number of alkyl halides is 3. The maximum Gasteiger partial charge on any atom is 0.416 e. The number of rotatable bonds is 3. The molecule has 1 N–H and O–H groups in total. The molecule has 1 aliphatic rings. The Balaban J connectivity index is 2.30. The lowest BCUT2D eigenvalue weighted by atomic mass is 9.99. The van der Waals surface area contributed by atoms with Gasteiger partial charge in [-0.1, -0.05) is 6.07 Å². The first-order valence-corrected chi connectivity index (χ1v) is 6.62. The van der Waals surface area contributed by atoms with Crippen LogP contribution in [-0.2, 0) is 6.18 Å². The third kappa shape index (κ3) is 3.71. The lowest BCUT2D eigenvalue weighted by molar-refractivity contribution is -0.137. The first-order valence-electron chi connectivity index (χ1n) is 6.62. The molecule has 1 aromatic rings. The molecule has 0 unspecified atom stereocenters. The van der Waals surface area contributed by atoms with Gasteiger partial charge in [0.15, 0.2) is 0 Å². The first-order chi connectivity index (χ1) is 9.93. The Morgan fingerprint density at radius 1 is 1.29 bits per heavy atom. The Hall–Kier alpha value is -1.65. The van der Waals surface area contributed by atoms with Crippen molar-refractivity contribution in [2.75, 3.05) is 26.2 Å². The van der Waals surface area contributed by atoms with Crippen molar-refractivity contribution >= 4 is 0 Å². The Labute approximate surface area is 120 Å². The van der Waals surface area contributed by atoms with Crippen molar-refractivity contribution in [2.24, 2.45) is 0 Å². The molecule has 1 heterocycles. The number of hydrogen-bond donors (Lipinski definition) is 1. The van der Waals surface area contributed by atoms with Crippen molar-refractivity contribution in [1.82, 2.24) is 10.2 Å². The maximum absolute atomic E-state index is 14.1. The average molecular weight is 301 g/mol. The standard InChI is InChI=1S/C14H15F4N3/c15-12-9-10(14(16,17)18)1-2-11(12)13(3-4-19)21-7-5-20-6-8-21/h1-2,9,13,20H,3,5-8H2/t13-/m0/s1. The minimum Gasteiger partial charge on any atom is -0.314 e. The second-order valence-corrected chi connectivity index (χ2v) is 4.90. The summed E-state index contributed by atoms with van der Waals surface area (Å²) in [6, 6.07) is 3.98. The average Bonchev–Trinajstić information content (AvgIpc) is 2.45. The Bertz CT molecular complexity index is 530. The van der Waals surface area contributed by atoms with Crippen LogP contribution < -0.4 is 5.32 Å². The third-order valence-corrected chi connectivity index (χ3v) is 3.56. The largest absolute Gasteiger partial charge is 0.416 e. The lowest BCUT2D eigenvalue weighted by Crippen LogP contribution is -2.45. The molecule has 0 aliphatic carbocycles. The number of benzene rings is 1. The van der Waals surface area contributed by atoms with E-state index in [9.17, 15) is 17.6 Å². The van der Waals surface area contributed by atoms with Gasteiger partial charge >= 0.3 is 6.18 Å². The minimum absolute atomic E-state index is 0.0439. The molecule has 1 aliphatic heterocycles. The highest BCUT2D eigenvalue weighted by molar-refractivity contribution is 5.29. The van der Waals surface area contributed by atoms with Crippen LogP contribution >= 0.6 is 0 Å². The van der Waals surface area contributed by atoms with Gasteiger partial charge in [0.1, 0.15) is 5.82 Å². The van der Waals surface area contributed by atoms with Crippen molar-refractivity contribution in [3.63, 3.8) is 0 Å². The fourth-order valence-electron chi connectivity index (χ4n) is 2.49. The van der Waals surface area contributed by atoms with Gasteiger partial charge in [0.05, 0.1) is 24.1 Å². The normalized spacial score (nSPS) is 18.2. The van der Waals surface area contributed by atoms with Crippen molar-refractivity contribution < 1.29 is 17.6 Å². The van der Waals surface area contributed by atoms with Gasteiger partial charge in [-0.2, -0.15) is 18.4 Å².